The van der Waals surface area contributed by atoms with Crippen molar-refractivity contribution < 1.29 is 8.83 Å². The molecular formula is C93H116O2S8. The molecule has 15 rings (SSSR count). The van der Waals surface area contributed by atoms with Crippen molar-refractivity contribution in [3.8, 4) is 0 Å². The third-order valence-electron chi connectivity index (χ3n) is 22.6. The second-order valence-electron chi connectivity index (χ2n) is 35.3. The molecule has 0 fully saturated rings. The molecule has 0 N–H and O–H groups in total. The molecular weight excluding hydrogens is 1410 g/mol. The van der Waals surface area contributed by atoms with E-state index in [2.05, 4.69) is 261 Å². The molecule has 0 radical (unpaired) electrons. The smallest absolute Gasteiger partial charge is 0.139 e. The maximum atomic E-state index is 5.98. The van der Waals surface area contributed by atoms with E-state index in [1.54, 1.807) is 22.3 Å². The molecule has 0 bridgehead atoms. The molecule has 15 aromatic rings. The molecule has 0 aliphatic carbocycles. The highest BCUT2D eigenvalue weighted by molar-refractivity contribution is 7.28. The number of fused-ring (bicyclic) bond motifs is 15. The first-order chi connectivity index (χ1) is 47.4. The fourth-order valence-corrected chi connectivity index (χ4v) is 27.7. The van der Waals surface area contributed by atoms with Gasteiger partial charge in [0.1, 0.15) is 22.7 Å². The van der Waals surface area contributed by atoms with Crippen molar-refractivity contribution >= 4 is 193 Å². The van der Waals surface area contributed by atoms with Crippen molar-refractivity contribution in [3.05, 3.63) is 163 Å². The Balaban J connectivity index is 0.000000129. The lowest BCUT2D eigenvalue weighted by atomic mass is 9.79. The van der Waals surface area contributed by atoms with Gasteiger partial charge >= 0.3 is 0 Å². The van der Waals surface area contributed by atoms with E-state index in [0.717, 1.165) is 28.1 Å². The molecule has 0 aliphatic heterocycles. The monoisotopic (exact) mass is 1520 g/mol. The SMILES string of the molecule is Cc1cc2c(o1)c(C)c(C(C)(C)C)c1oc(C)cc12.Cc1sc2c(C)c(C(C)(C)C)c3sc(C)c(C)c3c2c1C.Cc1sc2c(c1C)c(C(C)(C)C)c(C)c1sc(C)c(C)c12.Cc1sc2c(c1C)c(C)c(C(C)(C)C)c1c(C)c(C)sc12.Cc1sc2c(c1C)c(C)c(C(C)(C)C)c1sc(C)c(C)c12. The van der Waals surface area contributed by atoms with Crippen molar-refractivity contribution in [2.75, 3.05) is 0 Å². The Morgan fingerprint density at radius 3 is 0.845 bits per heavy atom. The zero-order chi connectivity index (χ0) is 76.7. The molecule has 2 nitrogen and oxygen atoms in total. The molecule has 548 valence electrons. The summed E-state index contributed by atoms with van der Waals surface area (Å²) in [4.78, 5) is 11.7. The minimum absolute atomic E-state index is 0.0293. The number of hydrogen-bond donors (Lipinski definition) is 0. The van der Waals surface area contributed by atoms with Gasteiger partial charge in [-0.1, -0.05) is 104 Å². The fourth-order valence-electron chi connectivity index (χ4n) is 17.2. The molecule has 0 aliphatic rings. The van der Waals surface area contributed by atoms with E-state index < -0.39 is 0 Å². The molecule has 0 saturated carbocycles. The number of benzene rings is 5. The van der Waals surface area contributed by atoms with Crippen LogP contribution < -0.4 is 0 Å². The van der Waals surface area contributed by atoms with Gasteiger partial charge in [-0.05, 0) is 298 Å². The summed E-state index contributed by atoms with van der Waals surface area (Å²) >= 11 is 15.8. The topological polar surface area (TPSA) is 26.3 Å². The van der Waals surface area contributed by atoms with Gasteiger partial charge in [0.05, 0.1) is 9.40 Å². The molecule has 0 atom stereocenters. The number of furan rings is 2. The molecule has 0 amide bonds. The van der Waals surface area contributed by atoms with Crippen LogP contribution in [0.15, 0.2) is 21.0 Å². The fraction of sp³-hybridized carbons (Fsp3) is 0.462. The molecule has 0 spiro atoms. The van der Waals surface area contributed by atoms with Crippen LogP contribution in [0.5, 0.6) is 0 Å². The van der Waals surface area contributed by atoms with Crippen molar-refractivity contribution in [1.82, 2.24) is 0 Å². The van der Waals surface area contributed by atoms with E-state index in [1.807, 2.05) is 105 Å². The highest BCUT2D eigenvalue weighted by atomic mass is 32.1. The number of rotatable bonds is 0. The van der Waals surface area contributed by atoms with Gasteiger partial charge in [0.15, 0.2) is 0 Å². The molecule has 5 aromatic carbocycles. The van der Waals surface area contributed by atoms with Crippen LogP contribution in [0.2, 0.25) is 0 Å². The van der Waals surface area contributed by atoms with Crippen LogP contribution in [-0.4, -0.2) is 0 Å². The Labute approximate surface area is 649 Å². The van der Waals surface area contributed by atoms with Gasteiger partial charge in [-0.25, -0.2) is 0 Å². The maximum Gasteiger partial charge on any atom is 0.139 e. The first kappa shape index (κ1) is 78.9. The van der Waals surface area contributed by atoms with Crippen LogP contribution >= 0.6 is 90.7 Å². The Kier molecular flexibility index (Phi) is 20.8. The Bertz CT molecular complexity index is 5950. The summed E-state index contributed by atoms with van der Waals surface area (Å²) in [5.74, 6) is 1.90. The number of thiophene rings is 8. The molecule has 10 heteroatoms. The third kappa shape index (κ3) is 13.2. The summed E-state index contributed by atoms with van der Waals surface area (Å²) < 4.78 is 24.0. The largest absolute Gasteiger partial charge is 0.461 e. The second kappa shape index (κ2) is 27.2. The number of hydrogen-bond acceptors (Lipinski definition) is 10. The normalized spacial score (nSPS) is 12.8. The summed E-state index contributed by atoms with van der Waals surface area (Å²) in [7, 11) is 0. The minimum atomic E-state index is 0.0293. The molecule has 10 heterocycles. The summed E-state index contributed by atoms with van der Waals surface area (Å²) in [5, 5.41) is 14.5. The summed E-state index contributed by atoms with van der Waals surface area (Å²) in [6.45, 7) is 86.7. The van der Waals surface area contributed by atoms with Crippen LogP contribution in [0.4, 0.5) is 0 Å². The maximum absolute atomic E-state index is 5.98. The number of aryl methyl sites for hydroxylation is 23. The van der Waals surface area contributed by atoms with Crippen molar-refractivity contribution in [1.29, 1.82) is 0 Å². The molecule has 10 aromatic heterocycles. The molecule has 103 heavy (non-hydrogen) atoms. The Morgan fingerprint density at radius 1 is 0.194 bits per heavy atom. The lowest BCUT2D eigenvalue weighted by molar-refractivity contribution is 0.535. The van der Waals surface area contributed by atoms with Crippen LogP contribution in [0.3, 0.4) is 0 Å². The van der Waals surface area contributed by atoms with Gasteiger partial charge in [-0.15, -0.1) is 90.7 Å². The predicted octanol–water partition coefficient (Wildman–Crippen LogP) is 33.2. The Morgan fingerprint density at radius 2 is 0.427 bits per heavy atom. The van der Waals surface area contributed by atoms with E-state index in [4.69, 9.17) is 8.83 Å². The predicted molar refractivity (Wildman–Crippen MR) is 477 cm³/mol. The first-order valence-corrected chi connectivity index (χ1v) is 43.5. The standard InChI is InChI=1S/4C19H24S2.C17H20O2/c1-9-12(4)21-18-14(9)16(19(6,7)8)11(3)17-15(18)10(2)13(5)20-17;1-9-12(4)20-17-11(3)16(19(6,7)8)18-15(14(9)17)10(2)13(5)21-18;1-9-12(4)20-17-14(9)11(3)16(19(6,7)8)18-15(17)10(2)13(5)21-18;1-9-12(4)20-17-14(9)11(3)16(19(6,7)8)15-10(2)13(5)21-18(15)17;1-9-7-12-13-8-10(2)19-16(13)14(17(4,5)6)11(3)15(12)18-9/h4*1-8H3;7-8H,1-6H3. The Hall–Kier alpha value is -5.14. The van der Waals surface area contributed by atoms with Gasteiger partial charge < -0.3 is 8.83 Å². The lowest BCUT2D eigenvalue weighted by Crippen LogP contribution is -2.14. The van der Waals surface area contributed by atoms with Crippen LogP contribution in [0, 0.1) is 159 Å². The van der Waals surface area contributed by atoms with E-state index >= 15 is 0 Å². The lowest BCUT2D eigenvalue weighted by Gasteiger charge is -2.24. The van der Waals surface area contributed by atoms with Crippen molar-refractivity contribution in [3.63, 3.8) is 0 Å². The quantitative estimate of drug-likeness (QED) is 0.151. The van der Waals surface area contributed by atoms with E-state index in [-0.39, 0.29) is 27.1 Å². The van der Waals surface area contributed by atoms with E-state index in [0.29, 0.717) is 0 Å². The highest BCUT2D eigenvalue weighted by Gasteiger charge is 2.33. The zero-order valence-electron chi connectivity index (χ0n) is 69.7. The zero-order valence-corrected chi connectivity index (χ0v) is 76.3. The van der Waals surface area contributed by atoms with Crippen LogP contribution in [0.1, 0.15) is 255 Å². The van der Waals surface area contributed by atoms with E-state index in [1.165, 1.54) is 203 Å². The highest BCUT2D eigenvalue weighted by Crippen LogP contribution is 2.54. The molecule has 0 unspecified atom stereocenters. The average Bonchev–Trinajstić information content (AvgIpc) is 1.60. The van der Waals surface area contributed by atoms with Crippen molar-refractivity contribution in [2.24, 2.45) is 0 Å². The van der Waals surface area contributed by atoms with Gasteiger partial charge in [-0.3, -0.25) is 0 Å². The first-order valence-electron chi connectivity index (χ1n) is 37.0. The van der Waals surface area contributed by atoms with Gasteiger partial charge in [0.2, 0.25) is 0 Å². The summed E-state index contributed by atoms with van der Waals surface area (Å²) in [6.07, 6.45) is 0. The summed E-state index contributed by atoms with van der Waals surface area (Å²) in [5.41, 5.74) is 29.2. The van der Waals surface area contributed by atoms with Crippen LogP contribution in [0.25, 0.3) is 103 Å². The van der Waals surface area contributed by atoms with Gasteiger partial charge in [0, 0.05) is 121 Å². The third-order valence-corrected chi connectivity index (χ3v) is 32.7. The minimum Gasteiger partial charge on any atom is -0.461 e. The molecule has 0 saturated heterocycles. The second-order valence-corrected chi connectivity index (χ2v) is 45.1. The van der Waals surface area contributed by atoms with Gasteiger partial charge in [-0.2, -0.15) is 0 Å². The van der Waals surface area contributed by atoms with Gasteiger partial charge in [0.25, 0.3) is 0 Å². The van der Waals surface area contributed by atoms with Crippen molar-refractivity contribution in [2.45, 2.75) is 290 Å². The average molecular weight is 1520 g/mol. The summed E-state index contributed by atoms with van der Waals surface area (Å²) in [6, 6.07) is 4.22. The van der Waals surface area contributed by atoms with Crippen LogP contribution in [-0.2, 0) is 27.1 Å². The van der Waals surface area contributed by atoms with E-state index in [9.17, 15) is 0 Å².